The predicted molar refractivity (Wildman–Crippen MR) is 63.8 cm³/mol. The van der Waals surface area contributed by atoms with Crippen molar-refractivity contribution in [3.8, 4) is 0 Å². The summed E-state index contributed by atoms with van der Waals surface area (Å²) in [6.45, 7) is 3.66. The van der Waals surface area contributed by atoms with Crippen LogP contribution in [0.5, 0.6) is 0 Å². The molecule has 3 nitrogen and oxygen atoms in total. The fraction of sp³-hybridized carbons (Fsp3) is 1.00. The van der Waals surface area contributed by atoms with Crippen LogP contribution in [0.1, 0.15) is 44.9 Å². The molecule has 0 radical (unpaired) electrons. The summed E-state index contributed by atoms with van der Waals surface area (Å²) < 4.78 is 0. The highest BCUT2D eigenvalue weighted by Gasteiger charge is 2.22. The Morgan fingerprint density at radius 2 is 2.07 bits per heavy atom. The Kier molecular flexibility index (Phi) is 6.98. The zero-order valence-electron chi connectivity index (χ0n) is 9.83. The quantitative estimate of drug-likeness (QED) is 0.600. The molecule has 1 saturated heterocycles. The van der Waals surface area contributed by atoms with Gasteiger partial charge in [-0.05, 0) is 64.6 Å². The third kappa shape index (κ3) is 4.96. The van der Waals surface area contributed by atoms with Crippen LogP contribution in [0.25, 0.3) is 0 Å². The zero-order valence-corrected chi connectivity index (χ0v) is 9.83. The molecule has 90 valence electrons. The van der Waals surface area contributed by atoms with Gasteiger partial charge >= 0.3 is 0 Å². The molecule has 0 aromatic carbocycles. The van der Waals surface area contributed by atoms with Gasteiger partial charge in [0, 0.05) is 12.6 Å². The van der Waals surface area contributed by atoms with E-state index in [1.807, 2.05) is 0 Å². The maximum atomic E-state index is 8.70. The number of aliphatic hydroxyl groups excluding tert-OH is 1. The smallest absolute Gasteiger partial charge is 0.0431 e. The second-order valence-electron chi connectivity index (χ2n) is 4.55. The molecule has 1 atom stereocenters. The van der Waals surface area contributed by atoms with Gasteiger partial charge in [-0.25, -0.2) is 0 Å². The normalized spacial score (nSPS) is 22.4. The van der Waals surface area contributed by atoms with Gasteiger partial charge in [-0.2, -0.15) is 0 Å². The minimum Gasteiger partial charge on any atom is -0.396 e. The van der Waals surface area contributed by atoms with E-state index >= 15 is 0 Å². The fourth-order valence-corrected chi connectivity index (χ4v) is 2.47. The Balaban J connectivity index is 2.09. The van der Waals surface area contributed by atoms with E-state index in [1.165, 1.54) is 38.8 Å². The Morgan fingerprint density at radius 1 is 1.20 bits per heavy atom. The van der Waals surface area contributed by atoms with Crippen LogP contribution in [0.4, 0.5) is 0 Å². The fourth-order valence-electron chi connectivity index (χ4n) is 2.47. The van der Waals surface area contributed by atoms with Gasteiger partial charge in [0.15, 0.2) is 0 Å². The number of unbranched alkanes of at least 4 members (excludes halogenated alkanes) is 2. The van der Waals surface area contributed by atoms with Crippen molar-refractivity contribution in [2.75, 3.05) is 26.2 Å². The highest BCUT2D eigenvalue weighted by Crippen LogP contribution is 2.21. The maximum Gasteiger partial charge on any atom is 0.0431 e. The van der Waals surface area contributed by atoms with Crippen LogP contribution in [0.15, 0.2) is 0 Å². The number of nitrogens with two attached hydrogens (primary N) is 1. The number of aliphatic hydroxyl groups is 1. The summed E-state index contributed by atoms with van der Waals surface area (Å²) >= 11 is 0. The molecule has 3 heteroatoms. The van der Waals surface area contributed by atoms with Crippen molar-refractivity contribution in [2.24, 2.45) is 5.73 Å². The highest BCUT2D eigenvalue weighted by molar-refractivity contribution is 4.78. The van der Waals surface area contributed by atoms with E-state index in [0.717, 1.165) is 31.8 Å². The van der Waals surface area contributed by atoms with Crippen molar-refractivity contribution in [3.63, 3.8) is 0 Å². The van der Waals surface area contributed by atoms with Crippen molar-refractivity contribution in [2.45, 2.75) is 51.0 Å². The molecule has 0 aromatic heterocycles. The standard InChI is InChI=1S/C12H26N2O/c13-8-4-6-12-7-5-10-14(12)9-2-1-3-11-15/h12,15H,1-11,13H2. The number of nitrogens with zero attached hydrogens (tertiary/aromatic N) is 1. The van der Waals surface area contributed by atoms with Crippen LogP contribution in [-0.2, 0) is 0 Å². The topological polar surface area (TPSA) is 49.5 Å². The molecule has 0 bridgehead atoms. The van der Waals surface area contributed by atoms with Crippen LogP contribution in [0.3, 0.4) is 0 Å². The molecule has 1 unspecified atom stereocenters. The minimum atomic E-state index is 0.344. The number of hydrogen-bond acceptors (Lipinski definition) is 3. The van der Waals surface area contributed by atoms with Crippen molar-refractivity contribution in [1.82, 2.24) is 4.90 Å². The first kappa shape index (κ1) is 12.9. The lowest BCUT2D eigenvalue weighted by Gasteiger charge is -2.24. The molecule has 1 fully saturated rings. The lowest BCUT2D eigenvalue weighted by atomic mass is 10.1. The molecule has 0 saturated carbocycles. The van der Waals surface area contributed by atoms with Crippen molar-refractivity contribution in [3.05, 3.63) is 0 Å². The van der Waals surface area contributed by atoms with Gasteiger partial charge in [-0.15, -0.1) is 0 Å². The molecule has 0 aliphatic carbocycles. The molecule has 0 aromatic rings. The Hall–Kier alpha value is -0.120. The van der Waals surface area contributed by atoms with Gasteiger partial charge in [0.1, 0.15) is 0 Å². The lowest BCUT2D eigenvalue weighted by Crippen LogP contribution is -2.30. The van der Waals surface area contributed by atoms with Gasteiger partial charge in [0.2, 0.25) is 0 Å². The summed E-state index contributed by atoms with van der Waals surface area (Å²) in [7, 11) is 0. The van der Waals surface area contributed by atoms with E-state index in [1.54, 1.807) is 0 Å². The molecular formula is C12H26N2O. The van der Waals surface area contributed by atoms with Gasteiger partial charge < -0.3 is 15.7 Å². The SMILES string of the molecule is NCCCC1CCCN1CCCCCO. The van der Waals surface area contributed by atoms with Gasteiger partial charge in [-0.1, -0.05) is 0 Å². The third-order valence-electron chi connectivity index (χ3n) is 3.34. The molecule has 1 heterocycles. The molecule has 0 amide bonds. The van der Waals surface area contributed by atoms with E-state index in [0.29, 0.717) is 6.61 Å². The summed E-state index contributed by atoms with van der Waals surface area (Å²) in [5.74, 6) is 0. The molecule has 1 aliphatic heterocycles. The average Bonchev–Trinajstić information content (AvgIpc) is 2.69. The predicted octanol–water partition coefficient (Wildman–Crippen LogP) is 1.35. The molecular weight excluding hydrogens is 188 g/mol. The van der Waals surface area contributed by atoms with Crippen molar-refractivity contribution >= 4 is 0 Å². The molecule has 1 aliphatic rings. The first-order chi connectivity index (χ1) is 7.38. The largest absolute Gasteiger partial charge is 0.396 e. The Morgan fingerprint density at radius 3 is 2.80 bits per heavy atom. The Labute approximate surface area is 93.6 Å². The summed E-state index contributed by atoms with van der Waals surface area (Å²) in [4.78, 5) is 2.62. The third-order valence-corrected chi connectivity index (χ3v) is 3.34. The first-order valence-electron chi connectivity index (χ1n) is 6.43. The summed E-state index contributed by atoms with van der Waals surface area (Å²) in [5.41, 5.74) is 5.55. The van der Waals surface area contributed by atoms with Crippen LogP contribution in [0, 0.1) is 0 Å². The summed E-state index contributed by atoms with van der Waals surface area (Å²) in [6.07, 6.45) is 8.52. The molecule has 15 heavy (non-hydrogen) atoms. The number of likely N-dealkylation sites (tertiary alicyclic amines) is 1. The van der Waals surface area contributed by atoms with E-state index in [2.05, 4.69) is 4.90 Å². The first-order valence-corrected chi connectivity index (χ1v) is 6.43. The molecule has 0 spiro atoms. The summed E-state index contributed by atoms with van der Waals surface area (Å²) in [6, 6.07) is 0.794. The van der Waals surface area contributed by atoms with Gasteiger partial charge in [0.05, 0.1) is 0 Å². The second kappa shape index (κ2) is 8.08. The number of rotatable bonds is 8. The van der Waals surface area contributed by atoms with Gasteiger partial charge in [-0.3, -0.25) is 0 Å². The van der Waals surface area contributed by atoms with E-state index in [9.17, 15) is 0 Å². The average molecular weight is 214 g/mol. The Bertz CT molecular complexity index is 153. The van der Waals surface area contributed by atoms with Crippen LogP contribution < -0.4 is 5.73 Å². The van der Waals surface area contributed by atoms with Gasteiger partial charge in [0.25, 0.3) is 0 Å². The lowest BCUT2D eigenvalue weighted by molar-refractivity contribution is 0.229. The minimum absolute atomic E-state index is 0.344. The van der Waals surface area contributed by atoms with E-state index in [4.69, 9.17) is 10.8 Å². The highest BCUT2D eigenvalue weighted by atomic mass is 16.2. The van der Waals surface area contributed by atoms with Crippen LogP contribution >= 0.6 is 0 Å². The zero-order chi connectivity index (χ0) is 10.9. The van der Waals surface area contributed by atoms with Crippen LogP contribution in [-0.4, -0.2) is 42.3 Å². The number of hydrogen-bond donors (Lipinski definition) is 2. The monoisotopic (exact) mass is 214 g/mol. The maximum absolute atomic E-state index is 8.70. The molecule has 1 rings (SSSR count). The molecule has 3 N–H and O–H groups in total. The summed E-state index contributed by atoms with van der Waals surface area (Å²) in [5, 5.41) is 8.70. The van der Waals surface area contributed by atoms with Crippen molar-refractivity contribution < 1.29 is 5.11 Å². The van der Waals surface area contributed by atoms with E-state index < -0.39 is 0 Å². The second-order valence-corrected chi connectivity index (χ2v) is 4.55. The van der Waals surface area contributed by atoms with E-state index in [-0.39, 0.29) is 0 Å². The van der Waals surface area contributed by atoms with Crippen LogP contribution in [0.2, 0.25) is 0 Å². The van der Waals surface area contributed by atoms with Crippen molar-refractivity contribution in [1.29, 1.82) is 0 Å².